The molecule has 0 aromatic heterocycles. The standard InChI is InChI=1S/C15H24N2O4/c1-19-8-5-9-20-10-11-21-12-15(17,14(16)18)13-6-3-2-4-7-13/h2-4,6-7H,5,8-12,17H2,1H3,(H2,16,18). The third kappa shape index (κ3) is 5.81. The van der Waals surface area contributed by atoms with E-state index >= 15 is 0 Å². The minimum Gasteiger partial charge on any atom is -0.385 e. The van der Waals surface area contributed by atoms with E-state index in [0.29, 0.717) is 32.0 Å². The molecular weight excluding hydrogens is 272 g/mol. The lowest BCUT2D eigenvalue weighted by Gasteiger charge is -2.26. The Morgan fingerprint density at radius 1 is 1.10 bits per heavy atom. The van der Waals surface area contributed by atoms with Gasteiger partial charge in [0.25, 0.3) is 0 Å². The molecule has 1 unspecified atom stereocenters. The summed E-state index contributed by atoms with van der Waals surface area (Å²) >= 11 is 0. The van der Waals surface area contributed by atoms with Gasteiger partial charge in [0.1, 0.15) is 5.54 Å². The van der Waals surface area contributed by atoms with Crippen LogP contribution in [-0.4, -0.2) is 46.1 Å². The van der Waals surface area contributed by atoms with Gasteiger partial charge in [-0.1, -0.05) is 30.3 Å². The molecule has 1 atom stereocenters. The lowest BCUT2D eigenvalue weighted by Crippen LogP contribution is -2.52. The Kier molecular flexibility index (Phi) is 7.92. The first-order chi connectivity index (χ1) is 10.1. The molecule has 0 saturated heterocycles. The Bertz CT molecular complexity index is 413. The molecule has 1 aromatic rings. The largest absolute Gasteiger partial charge is 0.385 e. The average molecular weight is 296 g/mol. The fourth-order valence-electron chi connectivity index (χ4n) is 1.79. The Morgan fingerprint density at radius 2 is 1.76 bits per heavy atom. The van der Waals surface area contributed by atoms with Gasteiger partial charge in [-0.3, -0.25) is 4.79 Å². The summed E-state index contributed by atoms with van der Waals surface area (Å²) in [6.45, 7) is 2.09. The quantitative estimate of drug-likeness (QED) is 0.576. The Morgan fingerprint density at radius 3 is 2.38 bits per heavy atom. The Balaban J connectivity index is 2.34. The smallest absolute Gasteiger partial charge is 0.244 e. The van der Waals surface area contributed by atoms with Gasteiger partial charge in [-0.05, 0) is 12.0 Å². The highest BCUT2D eigenvalue weighted by Gasteiger charge is 2.34. The number of carbonyl (C=O) groups is 1. The van der Waals surface area contributed by atoms with Crippen molar-refractivity contribution in [2.75, 3.05) is 40.1 Å². The van der Waals surface area contributed by atoms with Crippen molar-refractivity contribution in [3.05, 3.63) is 35.9 Å². The molecule has 0 aliphatic rings. The SMILES string of the molecule is COCCCOCCOCC(N)(C(N)=O)c1ccccc1. The number of carbonyl (C=O) groups excluding carboxylic acids is 1. The van der Waals surface area contributed by atoms with Crippen molar-refractivity contribution in [1.82, 2.24) is 0 Å². The number of rotatable bonds is 11. The topological polar surface area (TPSA) is 96.8 Å². The number of hydrogen-bond acceptors (Lipinski definition) is 5. The summed E-state index contributed by atoms with van der Waals surface area (Å²) in [5.41, 5.74) is 10.8. The van der Waals surface area contributed by atoms with Gasteiger partial charge in [0.05, 0.1) is 19.8 Å². The van der Waals surface area contributed by atoms with Crippen molar-refractivity contribution in [1.29, 1.82) is 0 Å². The summed E-state index contributed by atoms with van der Waals surface area (Å²) < 4.78 is 15.7. The van der Waals surface area contributed by atoms with Crippen LogP contribution in [-0.2, 0) is 24.5 Å². The zero-order valence-corrected chi connectivity index (χ0v) is 12.4. The van der Waals surface area contributed by atoms with Crippen molar-refractivity contribution in [2.45, 2.75) is 12.0 Å². The molecule has 0 bridgehead atoms. The molecule has 1 amide bonds. The van der Waals surface area contributed by atoms with Gasteiger partial charge >= 0.3 is 0 Å². The molecule has 0 fully saturated rings. The second-order valence-corrected chi connectivity index (χ2v) is 4.71. The number of hydrogen-bond donors (Lipinski definition) is 2. The monoisotopic (exact) mass is 296 g/mol. The summed E-state index contributed by atoms with van der Waals surface area (Å²) in [6.07, 6.45) is 0.836. The number of primary amides is 1. The molecule has 6 heteroatoms. The number of amides is 1. The highest BCUT2D eigenvalue weighted by molar-refractivity contribution is 5.86. The lowest BCUT2D eigenvalue weighted by atomic mass is 9.91. The maximum absolute atomic E-state index is 11.6. The van der Waals surface area contributed by atoms with Crippen LogP contribution in [0.5, 0.6) is 0 Å². The van der Waals surface area contributed by atoms with Crippen LogP contribution < -0.4 is 11.5 Å². The zero-order valence-electron chi connectivity index (χ0n) is 12.4. The van der Waals surface area contributed by atoms with E-state index in [1.165, 1.54) is 0 Å². The van der Waals surface area contributed by atoms with Gasteiger partial charge in [-0.25, -0.2) is 0 Å². The molecule has 1 rings (SSSR count). The highest BCUT2D eigenvalue weighted by atomic mass is 16.5. The zero-order chi connectivity index (χ0) is 15.6. The van der Waals surface area contributed by atoms with Gasteiger partial charge in [-0.15, -0.1) is 0 Å². The first kappa shape index (κ1) is 17.6. The van der Waals surface area contributed by atoms with E-state index in [-0.39, 0.29) is 6.61 Å². The lowest BCUT2D eigenvalue weighted by molar-refractivity contribution is -0.126. The third-order valence-corrected chi connectivity index (χ3v) is 3.07. The molecule has 1 aromatic carbocycles. The Hall–Kier alpha value is -1.47. The molecule has 118 valence electrons. The van der Waals surface area contributed by atoms with E-state index in [4.69, 9.17) is 25.7 Å². The van der Waals surface area contributed by atoms with E-state index in [0.717, 1.165) is 6.42 Å². The number of benzene rings is 1. The van der Waals surface area contributed by atoms with Gasteiger partial charge in [0.2, 0.25) is 5.91 Å². The Labute approximate surface area is 125 Å². The minimum atomic E-state index is -1.32. The second kappa shape index (κ2) is 9.46. The summed E-state index contributed by atoms with van der Waals surface area (Å²) in [6, 6.07) is 8.97. The van der Waals surface area contributed by atoms with E-state index in [1.54, 1.807) is 31.4 Å². The normalized spacial score (nSPS) is 13.8. The second-order valence-electron chi connectivity index (χ2n) is 4.71. The molecule has 0 saturated carbocycles. The van der Waals surface area contributed by atoms with E-state index in [9.17, 15) is 4.79 Å². The van der Waals surface area contributed by atoms with E-state index < -0.39 is 11.4 Å². The number of nitrogens with two attached hydrogens (primary N) is 2. The maximum Gasteiger partial charge on any atom is 0.244 e. The van der Waals surface area contributed by atoms with Crippen LogP contribution in [0.4, 0.5) is 0 Å². The van der Waals surface area contributed by atoms with Crippen molar-refractivity contribution < 1.29 is 19.0 Å². The van der Waals surface area contributed by atoms with Gasteiger partial charge in [-0.2, -0.15) is 0 Å². The predicted octanol–water partition coefficient (Wildman–Crippen LogP) is 0.396. The van der Waals surface area contributed by atoms with Crippen LogP contribution in [0, 0.1) is 0 Å². The molecule has 0 heterocycles. The van der Waals surface area contributed by atoms with Crippen LogP contribution in [0.15, 0.2) is 30.3 Å². The summed E-state index contributed by atoms with van der Waals surface area (Å²) in [7, 11) is 1.65. The van der Waals surface area contributed by atoms with Crippen LogP contribution in [0.25, 0.3) is 0 Å². The number of methoxy groups -OCH3 is 1. The maximum atomic E-state index is 11.6. The summed E-state index contributed by atoms with van der Waals surface area (Å²) in [5, 5.41) is 0. The van der Waals surface area contributed by atoms with Crippen LogP contribution >= 0.6 is 0 Å². The molecule has 0 radical (unpaired) electrons. The van der Waals surface area contributed by atoms with Crippen molar-refractivity contribution in [3.63, 3.8) is 0 Å². The van der Waals surface area contributed by atoms with E-state index in [2.05, 4.69) is 0 Å². The first-order valence-corrected chi connectivity index (χ1v) is 6.90. The summed E-state index contributed by atoms with van der Waals surface area (Å²) in [4.78, 5) is 11.6. The van der Waals surface area contributed by atoms with Gasteiger partial charge < -0.3 is 25.7 Å². The molecule has 0 aliphatic carbocycles. The van der Waals surface area contributed by atoms with Crippen LogP contribution in [0.1, 0.15) is 12.0 Å². The fraction of sp³-hybridized carbons (Fsp3) is 0.533. The van der Waals surface area contributed by atoms with Crippen molar-refractivity contribution >= 4 is 5.91 Å². The number of ether oxygens (including phenoxy) is 3. The molecular formula is C15H24N2O4. The van der Waals surface area contributed by atoms with E-state index in [1.807, 2.05) is 6.07 Å². The van der Waals surface area contributed by atoms with Crippen LogP contribution in [0.3, 0.4) is 0 Å². The highest BCUT2D eigenvalue weighted by Crippen LogP contribution is 2.18. The fourth-order valence-corrected chi connectivity index (χ4v) is 1.79. The average Bonchev–Trinajstić information content (AvgIpc) is 2.50. The van der Waals surface area contributed by atoms with Gasteiger partial charge in [0.15, 0.2) is 0 Å². The molecule has 6 nitrogen and oxygen atoms in total. The molecule has 21 heavy (non-hydrogen) atoms. The van der Waals surface area contributed by atoms with Gasteiger partial charge in [0, 0.05) is 20.3 Å². The van der Waals surface area contributed by atoms with Crippen molar-refractivity contribution in [3.8, 4) is 0 Å². The minimum absolute atomic E-state index is 0.0216. The molecule has 0 aliphatic heterocycles. The first-order valence-electron chi connectivity index (χ1n) is 6.90. The van der Waals surface area contributed by atoms with Crippen molar-refractivity contribution in [2.24, 2.45) is 11.5 Å². The third-order valence-electron chi connectivity index (χ3n) is 3.07. The molecule has 0 spiro atoms. The summed E-state index contributed by atoms with van der Waals surface area (Å²) in [5.74, 6) is -0.616. The predicted molar refractivity (Wildman–Crippen MR) is 79.6 cm³/mol. The molecule has 4 N–H and O–H groups in total. The van der Waals surface area contributed by atoms with Crippen LogP contribution in [0.2, 0.25) is 0 Å².